The number of hydrogen-bond donors (Lipinski definition) is 1. The number of halogens is 1. The number of nitrogens with zero attached hydrogens (tertiary/aromatic N) is 2. The van der Waals surface area contributed by atoms with E-state index in [0.29, 0.717) is 11.3 Å². The van der Waals surface area contributed by atoms with Crippen molar-refractivity contribution in [1.82, 2.24) is 9.55 Å². The van der Waals surface area contributed by atoms with Gasteiger partial charge < -0.3 is 9.67 Å². The van der Waals surface area contributed by atoms with Gasteiger partial charge >= 0.3 is 0 Å². The van der Waals surface area contributed by atoms with Gasteiger partial charge in [-0.3, -0.25) is 0 Å². The van der Waals surface area contributed by atoms with Crippen LogP contribution in [0.15, 0.2) is 30.7 Å². The van der Waals surface area contributed by atoms with Crippen molar-refractivity contribution in [2.75, 3.05) is 0 Å². The number of aliphatic hydroxyl groups is 1. The summed E-state index contributed by atoms with van der Waals surface area (Å²) < 4.78 is 15.6. The minimum absolute atomic E-state index is 0.299. The lowest BCUT2D eigenvalue weighted by Crippen LogP contribution is -2.09. The molecule has 18 heavy (non-hydrogen) atoms. The Morgan fingerprint density at radius 3 is 2.94 bits per heavy atom. The van der Waals surface area contributed by atoms with Gasteiger partial charge in [0.05, 0.1) is 18.2 Å². The van der Waals surface area contributed by atoms with Gasteiger partial charge in [-0.25, -0.2) is 9.37 Å². The number of imidazole rings is 1. The first kappa shape index (κ1) is 12.8. The summed E-state index contributed by atoms with van der Waals surface area (Å²) in [5, 5.41) is 10.3. The largest absolute Gasteiger partial charge is 0.382 e. The summed E-state index contributed by atoms with van der Waals surface area (Å²) in [4.78, 5) is 4.02. The topological polar surface area (TPSA) is 38.0 Å². The molecule has 1 aromatic carbocycles. The predicted molar refractivity (Wildman–Crippen MR) is 67.7 cm³/mol. The Morgan fingerprint density at radius 2 is 2.22 bits per heavy atom. The molecule has 1 heterocycles. The fourth-order valence-electron chi connectivity index (χ4n) is 2.02. The van der Waals surface area contributed by atoms with E-state index in [1.165, 1.54) is 6.07 Å². The number of aliphatic hydroxyl groups excluding tert-OH is 1. The molecule has 0 aliphatic rings. The minimum Gasteiger partial charge on any atom is -0.382 e. The molecule has 0 bridgehead atoms. The lowest BCUT2D eigenvalue weighted by atomic mass is 10.0. The van der Waals surface area contributed by atoms with E-state index >= 15 is 0 Å². The first-order chi connectivity index (χ1) is 8.63. The zero-order chi connectivity index (χ0) is 13.1. The van der Waals surface area contributed by atoms with Gasteiger partial charge in [0.25, 0.3) is 0 Å². The monoisotopic (exact) mass is 248 g/mol. The van der Waals surface area contributed by atoms with Gasteiger partial charge in [0.1, 0.15) is 11.9 Å². The number of aryl methyl sites for hydroxylation is 2. The van der Waals surface area contributed by atoms with Gasteiger partial charge in [-0.2, -0.15) is 0 Å². The van der Waals surface area contributed by atoms with E-state index in [2.05, 4.69) is 4.98 Å². The van der Waals surface area contributed by atoms with Crippen LogP contribution < -0.4 is 0 Å². The molecule has 0 radical (unpaired) electrons. The van der Waals surface area contributed by atoms with Crippen LogP contribution >= 0.6 is 0 Å². The van der Waals surface area contributed by atoms with Crippen molar-refractivity contribution in [2.24, 2.45) is 0 Å². The molecule has 0 aliphatic heterocycles. The summed E-state index contributed by atoms with van der Waals surface area (Å²) >= 11 is 0. The molecule has 1 N–H and O–H groups in total. The Morgan fingerprint density at radius 1 is 1.44 bits per heavy atom. The zero-order valence-electron chi connectivity index (χ0n) is 10.6. The maximum atomic E-state index is 13.7. The van der Waals surface area contributed by atoms with E-state index < -0.39 is 11.9 Å². The highest BCUT2D eigenvalue weighted by Crippen LogP contribution is 2.25. The molecule has 0 spiro atoms. The molecule has 0 aliphatic carbocycles. The summed E-state index contributed by atoms with van der Waals surface area (Å²) in [6, 6.07) is 4.74. The fourth-order valence-corrected chi connectivity index (χ4v) is 2.02. The van der Waals surface area contributed by atoms with Gasteiger partial charge in [0.15, 0.2) is 0 Å². The van der Waals surface area contributed by atoms with Crippen molar-refractivity contribution in [1.29, 1.82) is 0 Å². The molecule has 96 valence electrons. The fraction of sp³-hybridized carbons (Fsp3) is 0.357. The Bertz CT molecular complexity index is 536. The third kappa shape index (κ3) is 2.43. The molecule has 2 rings (SSSR count). The van der Waals surface area contributed by atoms with Crippen LogP contribution in [0, 0.1) is 12.7 Å². The Hall–Kier alpha value is -1.68. The van der Waals surface area contributed by atoms with Crippen LogP contribution in [0.25, 0.3) is 0 Å². The summed E-state index contributed by atoms with van der Waals surface area (Å²) in [6.45, 7) is 4.68. The van der Waals surface area contributed by atoms with Crippen LogP contribution in [0.4, 0.5) is 4.39 Å². The molecule has 1 atom stereocenters. The second kappa shape index (κ2) is 5.31. The number of benzene rings is 1. The molecule has 1 unspecified atom stereocenters. The summed E-state index contributed by atoms with van der Waals surface area (Å²) in [5.74, 6) is -0.391. The lowest BCUT2D eigenvalue weighted by Gasteiger charge is -2.15. The summed E-state index contributed by atoms with van der Waals surface area (Å²) in [7, 11) is 0. The maximum absolute atomic E-state index is 13.7. The van der Waals surface area contributed by atoms with Crippen LogP contribution in [0.2, 0.25) is 0 Å². The van der Waals surface area contributed by atoms with Gasteiger partial charge in [-0.15, -0.1) is 0 Å². The van der Waals surface area contributed by atoms with Crippen molar-refractivity contribution < 1.29 is 9.50 Å². The normalized spacial score (nSPS) is 12.7. The standard InChI is InChI=1S/C14H17FN2O/c1-3-6-17-9-16-8-13(17)14(18)11-7-10(2)4-5-12(11)15/h4-5,7-9,14,18H,3,6H2,1-2H3. The third-order valence-corrected chi connectivity index (χ3v) is 2.94. The Balaban J connectivity index is 2.38. The molecular formula is C14H17FN2O. The van der Waals surface area contributed by atoms with Crippen LogP contribution in [0.5, 0.6) is 0 Å². The van der Waals surface area contributed by atoms with Gasteiger partial charge in [0.2, 0.25) is 0 Å². The van der Waals surface area contributed by atoms with E-state index in [9.17, 15) is 9.50 Å². The third-order valence-electron chi connectivity index (χ3n) is 2.94. The van der Waals surface area contributed by atoms with Crippen LogP contribution in [-0.2, 0) is 6.54 Å². The lowest BCUT2D eigenvalue weighted by molar-refractivity contribution is 0.204. The smallest absolute Gasteiger partial charge is 0.129 e. The van der Waals surface area contributed by atoms with Crippen molar-refractivity contribution >= 4 is 0 Å². The van der Waals surface area contributed by atoms with E-state index in [0.717, 1.165) is 18.5 Å². The van der Waals surface area contributed by atoms with Gasteiger partial charge in [-0.05, 0) is 19.4 Å². The molecule has 2 aromatic rings. The van der Waals surface area contributed by atoms with Gasteiger partial charge in [-0.1, -0.05) is 24.6 Å². The molecule has 3 nitrogen and oxygen atoms in total. The van der Waals surface area contributed by atoms with Crippen molar-refractivity contribution in [3.8, 4) is 0 Å². The molecule has 1 aromatic heterocycles. The Kier molecular flexibility index (Phi) is 3.77. The molecule has 4 heteroatoms. The van der Waals surface area contributed by atoms with Crippen molar-refractivity contribution in [3.63, 3.8) is 0 Å². The second-order valence-corrected chi connectivity index (χ2v) is 4.44. The highest BCUT2D eigenvalue weighted by atomic mass is 19.1. The SMILES string of the molecule is CCCn1cncc1C(O)c1cc(C)ccc1F. The van der Waals surface area contributed by atoms with Gasteiger partial charge in [0, 0.05) is 12.1 Å². The van der Waals surface area contributed by atoms with E-state index in [1.807, 2.05) is 18.4 Å². The quantitative estimate of drug-likeness (QED) is 0.903. The highest BCUT2D eigenvalue weighted by Gasteiger charge is 2.18. The van der Waals surface area contributed by atoms with Crippen molar-refractivity contribution in [2.45, 2.75) is 32.9 Å². The second-order valence-electron chi connectivity index (χ2n) is 4.44. The predicted octanol–water partition coefficient (Wildman–Crippen LogP) is 2.82. The number of aromatic nitrogens is 2. The first-order valence-electron chi connectivity index (χ1n) is 6.07. The molecule has 0 fully saturated rings. The summed E-state index contributed by atoms with van der Waals surface area (Å²) in [6.07, 6.45) is 3.21. The number of rotatable bonds is 4. The molecule has 0 saturated carbocycles. The van der Waals surface area contributed by atoms with E-state index in [4.69, 9.17) is 0 Å². The minimum atomic E-state index is -0.973. The van der Waals surface area contributed by atoms with Crippen molar-refractivity contribution in [3.05, 3.63) is 53.4 Å². The van der Waals surface area contributed by atoms with Crippen LogP contribution in [0.3, 0.4) is 0 Å². The average molecular weight is 248 g/mol. The first-order valence-corrected chi connectivity index (χ1v) is 6.07. The molecular weight excluding hydrogens is 231 g/mol. The van der Waals surface area contributed by atoms with Crippen LogP contribution in [-0.4, -0.2) is 14.7 Å². The maximum Gasteiger partial charge on any atom is 0.129 e. The molecule has 0 amide bonds. The van der Waals surface area contributed by atoms with E-state index in [-0.39, 0.29) is 0 Å². The highest BCUT2D eigenvalue weighted by molar-refractivity contribution is 5.30. The summed E-state index contributed by atoms with van der Waals surface area (Å²) in [5.41, 5.74) is 1.85. The Labute approximate surface area is 106 Å². The average Bonchev–Trinajstić information content (AvgIpc) is 2.80. The zero-order valence-corrected chi connectivity index (χ0v) is 10.6. The van der Waals surface area contributed by atoms with E-state index in [1.54, 1.807) is 24.7 Å². The van der Waals surface area contributed by atoms with Crippen LogP contribution in [0.1, 0.15) is 36.3 Å². The molecule has 0 saturated heterocycles. The number of hydrogen-bond acceptors (Lipinski definition) is 2.